The van der Waals surface area contributed by atoms with Crippen LogP contribution in [0, 0.1) is 12.8 Å². The van der Waals surface area contributed by atoms with E-state index in [2.05, 4.69) is 20.0 Å². The number of piperidine rings is 1. The van der Waals surface area contributed by atoms with Crippen molar-refractivity contribution < 1.29 is 27.4 Å². The number of para-hydroxylation sites is 1. The molecule has 3 aromatic rings. The van der Waals surface area contributed by atoms with E-state index in [0.29, 0.717) is 49.1 Å². The average Bonchev–Trinajstić information content (AvgIpc) is 2.81. The van der Waals surface area contributed by atoms with Crippen LogP contribution in [0.4, 0.5) is 24.7 Å². The molecule has 2 aromatic carbocycles. The molecule has 1 N–H and O–H groups in total. The van der Waals surface area contributed by atoms with E-state index in [0.717, 1.165) is 17.7 Å². The van der Waals surface area contributed by atoms with Crippen LogP contribution in [0.25, 0.3) is 0 Å². The molecular formula is C24H23F3N4O3. The zero-order valence-corrected chi connectivity index (χ0v) is 18.4. The monoisotopic (exact) mass is 472 g/mol. The minimum atomic E-state index is -4.76. The summed E-state index contributed by atoms with van der Waals surface area (Å²) >= 11 is 0. The van der Waals surface area contributed by atoms with Gasteiger partial charge in [0.25, 0.3) is 5.88 Å². The van der Waals surface area contributed by atoms with Gasteiger partial charge in [0.1, 0.15) is 11.5 Å². The molecule has 0 unspecified atom stereocenters. The van der Waals surface area contributed by atoms with Crippen molar-refractivity contribution in [3.63, 3.8) is 0 Å². The molecule has 7 nitrogen and oxygen atoms in total. The lowest BCUT2D eigenvalue weighted by atomic mass is 9.96. The number of benzene rings is 2. The van der Waals surface area contributed by atoms with Crippen LogP contribution in [0.15, 0.2) is 60.9 Å². The number of hydrogen-bond donors (Lipinski definition) is 1. The third-order valence-electron chi connectivity index (χ3n) is 5.47. The van der Waals surface area contributed by atoms with Gasteiger partial charge in [-0.25, -0.2) is 9.97 Å². The van der Waals surface area contributed by atoms with Gasteiger partial charge in [0.05, 0.1) is 0 Å². The fourth-order valence-corrected chi connectivity index (χ4v) is 3.72. The summed E-state index contributed by atoms with van der Waals surface area (Å²) in [5.41, 5.74) is 1.39. The van der Waals surface area contributed by atoms with Gasteiger partial charge in [-0.05, 0) is 55.7 Å². The van der Waals surface area contributed by atoms with Gasteiger partial charge in [-0.3, -0.25) is 4.79 Å². The van der Waals surface area contributed by atoms with E-state index in [9.17, 15) is 18.0 Å². The molecule has 1 amide bonds. The summed E-state index contributed by atoms with van der Waals surface area (Å²) in [6.45, 7) is 3.12. The van der Waals surface area contributed by atoms with Crippen LogP contribution < -0.4 is 19.7 Å². The second kappa shape index (κ2) is 9.98. The van der Waals surface area contributed by atoms with Crippen LogP contribution in [0.3, 0.4) is 0 Å². The number of aryl methyl sites for hydroxylation is 1. The Labute approximate surface area is 194 Å². The predicted molar refractivity (Wildman–Crippen MR) is 120 cm³/mol. The molecule has 1 saturated heterocycles. The fourth-order valence-electron chi connectivity index (χ4n) is 3.72. The number of carbonyl (C=O) groups excluding carboxylic acids is 1. The highest BCUT2D eigenvalue weighted by atomic mass is 19.4. The van der Waals surface area contributed by atoms with Gasteiger partial charge in [0, 0.05) is 37.1 Å². The van der Waals surface area contributed by atoms with Crippen molar-refractivity contribution in [3.05, 3.63) is 66.5 Å². The molecule has 0 aliphatic carbocycles. The largest absolute Gasteiger partial charge is 0.573 e. The molecule has 10 heteroatoms. The van der Waals surface area contributed by atoms with E-state index in [1.807, 2.05) is 36.1 Å². The zero-order valence-electron chi connectivity index (χ0n) is 18.4. The number of anilines is 2. The second-order valence-corrected chi connectivity index (χ2v) is 7.88. The van der Waals surface area contributed by atoms with Crippen molar-refractivity contribution in [3.8, 4) is 17.4 Å². The summed E-state index contributed by atoms with van der Waals surface area (Å²) in [5, 5.41) is 2.76. The van der Waals surface area contributed by atoms with E-state index < -0.39 is 6.36 Å². The quantitative estimate of drug-likeness (QED) is 0.523. The van der Waals surface area contributed by atoms with E-state index in [4.69, 9.17) is 4.74 Å². The molecule has 1 aromatic heterocycles. The molecule has 0 bridgehead atoms. The fraction of sp³-hybridized carbons (Fsp3) is 0.292. The molecule has 0 radical (unpaired) electrons. The molecule has 1 fully saturated rings. The number of rotatable bonds is 6. The van der Waals surface area contributed by atoms with Gasteiger partial charge in [0.2, 0.25) is 5.91 Å². The number of alkyl halides is 3. The lowest BCUT2D eigenvalue weighted by Crippen LogP contribution is -2.38. The van der Waals surface area contributed by atoms with Crippen molar-refractivity contribution in [1.29, 1.82) is 0 Å². The average molecular weight is 472 g/mol. The van der Waals surface area contributed by atoms with E-state index >= 15 is 0 Å². The Kier molecular flexibility index (Phi) is 6.85. The number of nitrogens with zero attached hydrogens (tertiary/aromatic N) is 3. The van der Waals surface area contributed by atoms with Crippen LogP contribution in [-0.4, -0.2) is 35.3 Å². The number of nitrogens with one attached hydrogen (secondary N) is 1. The van der Waals surface area contributed by atoms with Gasteiger partial charge in [-0.15, -0.1) is 13.2 Å². The van der Waals surface area contributed by atoms with Gasteiger partial charge in [-0.2, -0.15) is 0 Å². The Morgan fingerprint density at radius 2 is 1.71 bits per heavy atom. The highest BCUT2D eigenvalue weighted by Gasteiger charge is 2.31. The van der Waals surface area contributed by atoms with Crippen LogP contribution in [0.2, 0.25) is 0 Å². The third kappa shape index (κ3) is 5.94. The Bertz CT molecular complexity index is 1130. The number of aromatic nitrogens is 2. The Morgan fingerprint density at radius 3 is 2.38 bits per heavy atom. The first-order chi connectivity index (χ1) is 16.3. The first-order valence-corrected chi connectivity index (χ1v) is 10.7. The maximum Gasteiger partial charge on any atom is 0.573 e. The number of hydrogen-bond acceptors (Lipinski definition) is 6. The maximum atomic E-state index is 12.7. The lowest BCUT2D eigenvalue weighted by molar-refractivity contribution is -0.274. The zero-order chi connectivity index (χ0) is 24.1. The van der Waals surface area contributed by atoms with Crippen LogP contribution in [0.5, 0.6) is 17.4 Å². The van der Waals surface area contributed by atoms with Crippen molar-refractivity contribution in [2.75, 3.05) is 23.3 Å². The summed E-state index contributed by atoms with van der Waals surface area (Å²) in [6.07, 6.45) is -0.414. The number of amides is 1. The summed E-state index contributed by atoms with van der Waals surface area (Å²) in [6, 6.07) is 12.7. The summed E-state index contributed by atoms with van der Waals surface area (Å²) in [7, 11) is 0. The third-order valence-corrected chi connectivity index (χ3v) is 5.47. The first-order valence-electron chi connectivity index (χ1n) is 10.7. The predicted octanol–water partition coefficient (Wildman–Crippen LogP) is 5.33. The van der Waals surface area contributed by atoms with Crippen molar-refractivity contribution in [1.82, 2.24) is 9.97 Å². The first kappa shape index (κ1) is 23.3. The molecule has 1 aliphatic rings. The molecule has 4 rings (SSSR count). The molecule has 0 saturated carbocycles. The molecule has 2 heterocycles. The second-order valence-electron chi connectivity index (χ2n) is 7.88. The Balaban J connectivity index is 1.35. The van der Waals surface area contributed by atoms with Crippen molar-refractivity contribution >= 4 is 17.4 Å². The summed E-state index contributed by atoms with van der Waals surface area (Å²) < 4.78 is 46.7. The van der Waals surface area contributed by atoms with Crippen molar-refractivity contribution in [2.45, 2.75) is 26.1 Å². The highest BCUT2D eigenvalue weighted by Crippen LogP contribution is 2.32. The van der Waals surface area contributed by atoms with E-state index in [1.165, 1.54) is 12.1 Å². The standard InChI is InChI=1S/C24H23F3N4O3/c1-16-4-2-3-5-20(16)33-23-21(28-12-13-29-23)31-14-10-17(11-15-31)22(32)30-18-6-8-19(9-7-18)34-24(25,26)27/h2-9,12-13,17H,10-11,14-15H2,1H3,(H,30,32). The van der Waals surface area contributed by atoms with Crippen LogP contribution in [-0.2, 0) is 4.79 Å². The Hall–Kier alpha value is -3.82. The molecule has 1 aliphatic heterocycles. The summed E-state index contributed by atoms with van der Waals surface area (Å²) in [4.78, 5) is 23.5. The van der Waals surface area contributed by atoms with Crippen LogP contribution in [0.1, 0.15) is 18.4 Å². The van der Waals surface area contributed by atoms with E-state index in [1.54, 1.807) is 12.4 Å². The molecular weight excluding hydrogens is 449 g/mol. The maximum absolute atomic E-state index is 12.7. The number of halogens is 3. The SMILES string of the molecule is Cc1ccccc1Oc1nccnc1N1CCC(C(=O)Nc2ccc(OC(F)(F)F)cc2)CC1. The minimum absolute atomic E-state index is 0.181. The smallest absolute Gasteiger partial charge is 0.436 e. The van der Waals surface area contributed by atoms with E-state index in [-0.39, 0.29) is 17.6 Å². The number of ether oxygens (including phenoxy) is 2. The van der Waals surface area contributed by atoms with Gasteiger partial charge < -0.3 is 19.7 Å². The molecule has 0 atom stereocenters. The Morgan fingerprint density at radius 1 is 1.03 bits per heavy atom. The lowest BCUT2D eigenvalue weighted by Gasteiger charge is -2.32. The molecule has 0 spiro atoms. The molecule has 34 heavy (non-hydrogen) atoms. The summed E-state index contributed by atoms with van der Waals surface area (Å²) in [5.74, 6) is 0.960. The van der Waals surface area contributed by atoms with Crippen molar-refractivity contribution in [2.24, 2.45) is 5.92 Å². The van der Waals surface area contributed by atoms with Crippen LogP contribution >= 0.6 is 0 Å². The number of carbonyl (C=O) groups is 1. The molecule has 178 valence electrons. The topological polar surface area (TPSA) is 76.6 Å². The van der Waals surface area contributed by atoms with Gasteiger partial charge in [-0.1, -0.05) is 18.2 Å². The minimum Gasteiger partial charge on any atom is -0.436 e. The van der Waals surface area contributed by atoms with Gasteiger partial charge in [0.15, 0.2) is 5.82 Å². The highest BCUT2D eigenvalue weighted by molar-refractivity contribution is 5.92. The van der Waals surface area contributed by atoms with Gasteiger partial charge >= 0.3 is 6.36 Å². The normalized spacial score (nSPS) is 14.5.